The van der Waals surface area contributed by atoms with Gasteiger partial charge in [0.1, 0.15) is 28.6 Å². The number of halogens is 7. The average Bonchev–Trinajstić information content (AvgIpc) is 2.92. The summed E-state index contributed by atoms with van der Waals surface area (Å²) in [6.45, 7) is 0. The molecular weight excluding hydrogens is 688 g/mol. The van der Waals surface area contributed by atoms with E-state index >= 15 is 4.39 Å². The van der Waals surface area contributed by atoms with Gasteiger partial charge in [-0.25, -0.2) is 4.39 Å². The number of rotatable bonds is 9. The molecule has 242 valence electrons. The maximum absolute atomic E-state index is 15.8. The number of anilines is 1. The number of carbonyl (C=O) groups excluding carboxylic acids is 2. The standard InChI is InChI=1S/C28H18F7N3O5S3/c29-18-9-13(16-3-1-2-4-17(16)26(30,31)32)10-22(23(18)25(40)38-14-7-8-37-19(11-14)24(36)39)41-20-6-5-15(42-27(33,34)35)12-21(20)43-28(44,45)46/h1-12,44-46H,(H2,36,39)(H,37,38,40). The topological polar surface area (TPSA) is 113 Å². The van der Waals surface area contributed by atoms with E-state index in [1.807, 2.05) is 0 Å². The molecule has 0 aliphatic heterocycles. The van der Waals surface area contributed by atoms with Crippen molar-refractivity contribution in [3.8, 4) is 34.1 Å². The Kier molecular flexibility index (Phi) is 9.93. The minimum atomic E-state index is -5.12. The van der Waals surface area contributed by atoms with Crippen molar-refractivity contribution in [2.45, 2.75) is 16.1 Å². The van der Waals surface area contributed by atoms with Crippen molar-refractivity contribution in [3.63, 3.8) is 0 Å². The van der Waals surface area contributed by atoms with E-state index in [-0.39, 0.29) is 16.9 Å². The number of nitrogens with zero attached hydrogens (tertiary/aromatic N) is 1. The summed E-state index contributed by atoms with van der Waals surface area (Å²) in [4.78, 5) is 28.6. The third kappa shape index (κ3) is 8.91. The van der Waals surface area contributed by atoms with Crippen LogP contribution in [0.4, 0.5) is 36.4 Å². The quantitative estimate of drug-likeness (QED) is 0.0693. The zero-order valence-corrected chi connectivity index (χ0v) is 25.2. The largest absolute Gasteiger partial charge is 0.573 e. The fourth-order valence-corrected chi connectivity index (χ4v) is 4.27. The van der Waals surface area contributed by atoms with Crippen molar-refractivity contribution in [3.05, 3.63) is 95.6 Å². The van der Waals surface area contributed by atoms with Crippen LogP contribution in [0.1, 0.15) is 26.4 Å². The predicted octanol–water partition coefficient (Wildman–Crippen LogP) is 7.73. The van der Waals surface area contributed by atoms with Gasteiger partial charge in [-0.3, -0.25) is 14.6 Å². The number of nitrogens with two attached hydrogens (primary N) is 1. The highest BCUT2D eigenvalue weighted by atomic mass is 32.2. The SMILES string of the molecule is NC(=O)c1cc(NC(=O)c2c(F)cc(-c3ccccc3C(F)(F)F)cc2Oc2ccc(OC(F)(F)F)cc2OC(S)(S)S)ccn1. The molecule has 0 bridgehead atoms. The molecule has 3 aromatic carbocycles. The van der Waals surface area contributed by atoms with Crippen molar-refractivity contribution in [2.24, 2.45) is 5.73 Å². The maximum Gasteiger partial charge on any atom is 0.573 e. The van der Waals surface area contributed by atoms with Crippen molar-refractivity contribution >= 4 is 55.4 Å². The molecule has 2 amide bonds. The lowest BCUT2D eigenvalue weighted by atomic mass is 9.97. The summed E-state index contributed by atoms with van der Waals surface area (Å²) in [5, 5.41) is 2.30. The predicted molar refractivity (Wildman–Crippen MR) is 161 cm³/mol. The van der Waals surface area contributed by atoms with E-state index in [0.717, 1.165) is 48.7 Å². The number of amides is 2. The monoisotopic (exact) mass is 705 g/mol. The lowest BCUT2D eigenvalue weighted by molar-refractivity contribution is -0.274. The molecule has 18 heteroatoms. The second-order valence-electron chi connectivity index (χ2n) is 9.06. The molecule has 0 atom stereocenters. The first-order valence-electron chi connectivity index (χ1n) is 12.3. The number of thiol groups is 3. The van der Waals surface area contributed by atoms with Gasteiger partial charge in [0.25, 0.3) is 11.8 Å². The molecule has 1 heterocycles. The van der Waals surface area contributed by atoms with Crippen LogP contribution >= 0.6 is 37.9 Å². The smallest absolute Gasteiger partial charge is 0.455 e. The number of alkyl halides is 6. The van der Waals surface area contributed by atoms with Gasteiger partial charge >= 0.3 is 12.5 Å². The lowest BCUT2D eigenvalue weighted by Gasteiger charge is -2.22. The van der Waals surface area contributed by atoms with Crippen LogP contribution < -0.4 is 25.3 Å². The van der Waals surface area contributed by atoms with E-state index in [4.69, 9.17) is 15.2 Å². The summed E-state index contributed by atoms with van der Waals surface area (Å²) in [5.74, 6) is -6.06. The number of pyridine rings is 1. The fourth-order valence-electron chi connectivity index (χ4n) is 3.97. The molecule has 0 radical (unpaired) electrons. The van der Waals surface area contributed by atoms with Crippen molar-refractivity contribution in [1.29, 1.82) is 0 Å². The minimum Gasteiger partial charge on any atom is -0.455 e. The summed E-state index contributed by atoms with van der Waals surface area (Å²) in [6, 6.07) is 10.4. The Morgan fingerprint density at radius 1 is 0.826 bits per heavy atom. The van der Waals surface area contributed by atoms with E-state index in [1.165, 1.54) is 12.1 Å². The normalized spacial score (nSPS) is 12.0. The minimum absolute atomic E-state index is 0.0756. The first kappa shape index (κ1) is 34.6. The van der Waals surface area contributed by atoms with Gasteiger partial charge in [0, 0.05) is 18.0 Å². The molecule has 8 nitrogen and oxygen atoms in total. The number of benzene rings is 3. The number of nitrogens with one attached hydrogen (secondary N) is 1. The van der Waals surface area contributed by atoms with Crippen LogP contribution in [0.25, 0.3) is 11.1 Å². The van der Waals surface area contributed by atoms with Crippen molar-refractivity contribution in [1.82, 2.24) is 4.98 Å². The summed E-state index contributed by atoms with van der Waals surface area (Å²) in [6.07, 6.45) is -8.86. The number of hydrogen-bond acceptors (Lipinski definition) is 9. The lowest BCUT2D eigenvalue weighted by Crippen LogP contribution is -2.18. The first-order valence-corrected chi connectivity index (χ1v) is 13.7. The van der Waals surface area contributed by atoms with Crippen LogP contribution in [0.5, 0.6) is 23.0 Å². The molecule has 1 aromatic heterocycles. The highest BCUT2D eigenvalue weighted by molar-refractivity contribution is 8.16. The van der Waals surface area contributed by atoms with Crippen LogP contribution in [0.2, 0.25) is 0 Å². The van der Waals surface area contributed by atoms with Gasteiger partial charge in [-0.1, -0.05) is 18.2 Å². The highest BCUT2D eigenvalue weighted by Crippen LogP contribution is 2.44. The molecule has 0 unspecified atom stereocenters. The molecule has 46 heavy (non-hydrogen) atoms. The Bertz CT molecular complexity index is 1800. The summed E-state index contributed by atoms with van der Waals surface area (Å²) >= 11 is 11.8. The van der Waals surface area contributed by atoms with Crippen LogP contribution in [-0.4, -0.2) is 26.8 Å². The number of hydrogen-bond donors (Lipinski definition) is 5. The van der Waals surface area contributed by atoms with E-state index in [9.17, 15) is 35.9 Å². The fraction of sp³-hybridized carbons (Fsp3) is 0.107. The Balaban J connectivity index is 1.89. The second-order valence-corrected chi connectivity index (χ2v) is 12.0. The molecule has 3 N–H and O–H groups in total. The van der Waals surface area contributed by atoms with Gasteiger partial charge in [0.2, 0.25) is 3.60 Å². The second kappa shape index (κ2) is 13.2. The molecule has 0 fully saturated rings. The van der Waals surface area contributed by atoms with Gasteiger partial charge in [0.05, 0.1) is 5.56 Å². The van der Waals surface area contributed by atoms with E-state index in [1.54, 1.807) is 0 Å². The maximum atomic E-state index is 15.8. The molecule has 0 aliphatic rings. The summed E-state index contributed by atoms with van der Waals surface area (Å²) in [5.41, 5.74) is 1.99. The van der Waals surface area contributed by atoms with Crippen LogP contribution in [-0.2, 0) is 6.18 Å². The Morgan fingerprint density at radius 3 is 2.15 bits per heavy atom. The van der Waals surface area contributed by atoms with Crippen LogP contribution in [0.3, 0.4) is 0 Å². The Labute approximate surface area is 271 Å². The molecule has 0 saturated heterocycles. The van der Waals surface area contributed by atoms with Gasteiger partial charge in [-0.15, -0.1) is 51.1 Å². The van der Waals surface area contributed by atoms with Gasteiger partial charge in [0.15, 0.2) is 11.5 Å². The number of carbonyl (C=O) groups is 2. The molecular formula is C28H18F7N3O5S3. The van der Waals surface area contributed by atoms with Crippen LogP contribution in [0.15, 0.2) is 72.9 Å². The molecule has 4 rings (SSSR count). The van der Waals surface area contributed by atoms with E-state index in [2.05, 4.69) is 52.9 Å². The summed E-state index contributed by atoms with van der Waals surface area (Å²) in [7, 11) is 0. The molecule has 0 aliphatic carbocycles. The number of primary amides is 1. The molecule has 0 saturated carbocycles. The average molecular weight is 706 g/mol. The van der Waals surface area contributed by atoms with Gasteiger partial charge in [-0.05, 0) is 53.6 Å². The van der Waals surface area contributed by atoms with Crippen molar-refractivity contribution < 1.29 is 54.5 Å². The third-order valence-electron chi connectivity index (χ3n) is 5.71. The van der Waals surface area contributed by atoms with Crippen molar-refractivity contribution in [2.75, 3.05) is 5.32 Å². The van der Waals surface area contributed by atoms with E-state index < -0.39 is 73.5 Å². The Morgan fingerprint density at radius 2 is 1.52 bits per heavy atom. The van der Waals surface area contributed by atoms with Crippen LogP contribution in [0, 0.1) is 5.82 Å². The van der Waals surface area contributed by atoms with Gasteiger partial charge < -0.3 is 25.3 Å². The number of ether oxygens (including phenoxy) is 3. The molecule has 0 spiro atoms. The molecule has 4 aromatic rings. The zero-order valence-electron chi connectivity index (χ0n) is 22.5. The Hall–Kier alpha value is -4.29. The first-order chi connectivity index (χ1) is 21.3. The number of aromatic nitrogens is 1. The highest BCUT2D eigenvalue weighted by Gasteiger charge is 2.35. The van der Waals surface area contributed by atoms with Gasteiger partial charge in [-0.2, -0.15) is 13.2 Å². The zero-order chi connectivity index (χ0) is 34.0. The third-order valence-corrected chi connectivity index (χ3v) is 5.98. The summed E-state index contributed by atoms with van der Waals surface area (Å²) < 4.78 is 109. The van der Waals surface area contributed by atoms with E-state index in [0.29, 0.717) is 12.1 Å².